The van der Waals surface area contributed by atoms with Gasteiger partial charge in [0.25, 0.3) is 6.01 Å². The minimum absolute atomic E-state index is 0.110. The third-order valence-corrected chi connectivity index (χ3v) is 6.85. The number of rotatable bonds is 7. The van der Waals surface area contributed by atoms with Crippen LogP contribution < -0.4 is 14.8 Å². The van der Waals surface area contributed by atoms with E-state index < -0.39 is 18.3 Å². The number of aryl methyl sites for hydroxylation is 1. The largest absolute Gasteiger partial charge is 0.491 e. The molecule has 5 atom stereocenters. The Kier molecular flexibility index (Phi) is 5.89. The van der Waals surface area contributed by atoms with E-state index in [9.17, 15) is 9.50 Å². The van der Waals surface area contributed by atoms with Gasteiger partial charge in [0, 0.05) is 11.6 Å². The van der Waals surface area contributed by atoms with E-state index in [-0.39, 0.29) is 50.4 Å². The molecule has 2 aromatic heterocycles. The average Bonchev–Trinajstić information content (AvgIpc) is 3.59. The molecule has 3 aromatic rings. The number of imidazole rings is 1. The first-order chi connectivity index (χ1) is 17.0. The van der Waals surface area contributed by atoms with E-state index in [1.165, 1.54) is 6.07 Å². The smallest absolute Gasteiger partial charge is 0.296 e. The van der Waals surface area contributed by atoms with E-state index in [1.54, 1.807) is 12.1 Å². The van der Waals surface area contributed by atoms with Crippen molar-refractivity contribution in [2.75, 3.05) is 31.7 Å². The number of H-pyrrole nitrogens is 1. The summed E-state index contributed by atoms with van der Waals surface area (Å²) in [5.74, 6) is 0.407. The molecule has 0 radical (unpaired) electrons. The maximum absolute atomic E-state index is 14.9. The molecular weight excluding hydrogens is 483 g/mol. The van der Waals surface area contributed by atoms with E-state index in [1.807, 2.05) is 0 Å². The summed E-state index contributed by atoms with van der Waals surface area (Å²) >= 11 is 6.48. The topological polar surface area (TPSA) is 131 Å². The molecule has 0 amide bonds. The first-order valence-corrected chi connectivity index (χ1v) is 11.8. The molecule has 0 saturated carbocycles. The molecule has 2 fully saturated rings. The molecule has 12 heteroatoms. The average molecular weight is 507 g/mol. The standard InChI is InChI=1S/C23H24ClFN4O6/c24-12-7-15-22(29-23(27-15)35-17-9-34-19-16(31)8-33-20(17)19)28-21(12)26-14-2-1-10-5-11(32-4-3-30)6-13(25)18(10)14/h5-7,14,16-17,19-20,30-31H,1-4,8-9H2,(H2,26,27,28,29)/t14?,16-,17-,19?,20-/m1/s1. The number of nitrogens with zero attached hydrogens (tertiary/aromatic N) is 2. The Labute approximate surface area is 204 Å². The number of ether oxygens (including phenoxy) is 4. The predicted octanol–water partition coefficient (Wildman–Crippen LogP) is 2.13. The van der Waals surface area contributed by atoms with Crippen molar-refractivity contribution in [3.63, 3.8) is 0 Å². The van der Waals surface area contributed by atoms with Gasteiger partial charge in [-0.2, -0.15) is 4.98 Å². The highest BCUT2D eigenvalue weighted by molar-refractivity contribution is 6.33. The van der Waals surface area contributed by atoms with Gasteiger partial charge in [-0.3, -0.25) is 0 Å². The highest BCUT2D eigenvalue weighted by atomic mass is 35.5. The zero-order valence-electron chi connectivity index (χ0n) is 18.5. The number of aromatic nitrogens is 3. The summed E-state index contributed by atoms with van der Waals surface area (Å²) in [4.78, 5) is 12.0. The van der Waals surface area contributed by atoms with Crippen LogP contribution in [0.5, 0.6) is 11.8 Å². The molecule has 2 aliphatic heterocycles. The van der Waals surface area contributed by atoms with Gasteiger partial charge in [0.15, 0.2) is 11.8 Å². The zero-order chi connectivity index (χ0) is 24.1. The normalized spacial score (nSPS) is 27.3. The van der Waals surface area contributed by atoms with Gasteiger partial charge in [-0.25, -0.2) is 9.37 Å². The van der Waals surface area contributed by atoms with Crippen molar-refractivity contribution in [1.29, 1.82) is 0 Å². The molecule has 2 saturated heterocycles. The zero-order valence-corrected chi connectivity index (χ0v) is 19.3. The van der Waals surface area contributed by atoms with E-state index in [0.29, 0.717) is 46.2 Å². The van der Waals surface area contributed by atoms with Gasteiger partial charge < -0.3 is 39.5 Å². The van der Waals surface area contributed by atoms with Gasteiger partial charge in [-0.1, -0.05) is 11.6 Å². The van der Waals surface area contributed by atoms with Gasteiger partial charge in [0.1, 0.15) is 42.3 Å². The monoisotopic (exact) mass is 506 g/mol. The summed E-state index contributed by atoms with van der Waals surface area (Å²) in [6.07, 6.45) is -0.503. The van der Waals surface area contributed by atoms with Gasteiger partial charge >= 0.3 is 0 Å². The molecule has 35 heavy (non-hydrogen) atoms. The maximum atomic E-state index is 14.9. The molecule has 0 spiro atoms. The summed E-state index contributed by atoms with van der Waals surface area (Å²) in [7, 11) is 0. The molecule has 2 unspecified atom stereocenters. The van der Waals surface area contributed by atoms with Gasteiger partial charge in [0.2, 0.25) is 0 Å². The van der Waals surface area contributed by atoms with Crippen LogP contribution in [0.3, 0.4) is 0 Å². The number of nitrogens with one attached hydrogen (secondary N) is 2. The summed E-state index contributed by atoms with van der Waals surface area (Å²) in [6, 6.07) is 4.75. The van der Waals surface area contributed by atoms with Crippen molar-refractivity contribution < 1.29 is 33.6 Å². The number of pyridine rings is 1. The molecule has 3 aliphatic rings. The lowest BCUT2D eigenvalue weighted by Gasteiger charge is -2.17. The Bertz CT molecular complexity index is 1260. The third kappa shape index (κ3) is 4.17. The van der Waals surface area contributed by atoms with Crippen LogP contribution in [0.4, 0.5) is 10.2 Å². The summed E-state index contributed by atoms with van der Waals surface area (Å²) in [5.41, 5.74) is 2.38. The predicted molar refractivity (Wildman–Crippen MR) is 122 cm³/mol. The SMILES string of the molecule is OCCOc1cc(F)c2c(c1)CCC2Nc1nc2nc(O[C@@H]3COC4[C@H](O)CO[C@@H]43)[nH]c2cc1Cl. The number of anilines is 1. The highest BCUT2D eigenvalue weighted by Crippen LogP contribution is 2.39. The molecule has 4 heterocycles. The fourth-order valence-electron chi connectivity index (χ4n) is 4.99. The first-order valence-electron chi connectivity index (χ1n) is 11.5. The number of halogens is 2. The first kappa shape index (κ1) is 22.7. The van der Waals surface area contributed by atoms with Gasteiger partial charge in [-0.15, -0.1) is 0 Å². The maximum Gasteiger partial charge on any atom is 0.296 e. The molecule has 10 nitrogen and oxygen atoms in total. The van der Waals surface area contributed by atoms with E-state index in [2.05, 4.69) is 20.3 Å². The lowest BCUT2D eigenvalue weighted by atomic mass is 10.1. The number of aromatic amines is 1. The number of benzene rings is 1. The minimum Gasteiger partial charge on any atom is -0.491 e. The summed E-state index contributed by atoms with van der Waals surface area (Å²) in [6.45, 7) is 0.466. The number of fused-ring (bicyclic) bond motifs is 3. The van der Waals surface area contributed by atoms with E-state index in [4.69, 9.17) is 35.7 Å². The lowest BCUT2D eigenvalue weighted by Crippen LogP contribution is -2.34. The van der Waals surface area contributed by atoms with Crippen LogP contribution in [-0.4, -0.2) is 76.0 Å². The molecular formula is C23H24ClFN4O6. The van der Waals surface area contributed by atoms with Crippen molar-refractivity contribution in [3.05, 3.63) is 40.2 Å². The van der Waals surface area contributed by atoms with Crippen LogP contribution in [0.2, 0.25) is 5.02 Å². The Balaban J connectivity index is 1.20. The molecule has 186 valence electrons. The van der Waals surface area contributed by atoms with Crippen molar-refractivity contribution in [2.24, 2.45) is 0 Å². The van der Waals surface area contributed by atoms with Crippen LogP contribution in [-0.2, 0) is 15.9 Å². The van der Waals surface area contributed by atoms with Crippen molar-refractivity contribution in [1.82, 2.24) is 15.0 Å². The van der Waals surface area contributed by atoms with Gasteiger partial charge in [0.05, 0.1) is 36.4 Å². The molecule has 1 aromatic carbocycles. The van der Waals surface area contributed by atoms with Crippen molar-refractivity contribution in [3.8, 4) is 11.8 Å². The Morgan fingerprint density at radius 3 is 2.91 bits per heavy atom. The molecule has 6 rings (SSSR count). The van der Waals surface area contributed by atoms with E-state index in [0.717, 1.165) is 5.56 Å². The van der Waals surface area contributed by atoms with Crippen LogP contribution in [0, 0.1) is 5.82 Å². The van der Waals surface area contributed by atoms with Crippen LogP contribution in [0.1, 0.15) is 23.6 Å². The quantitative estimate of drug-likeness (QED) is 0.380. The third-order valence-electron chi connectivity index (χ3n) is 6.56. The summed E-state index contributed by atoms with van der Waals surface area (Å²) < 4.78 is 37.4. The van der Waals surface area contributed by atoms with Crippen LogP contribution in [0.15, 0.2) is 18.2 Å². The van der Waals surface area contributed by atoms with Crippen LogP contribution in [0.25, 0.3) is 11.2 Å². The number of hydrogen-bond acceptors (Lipinski definition) is 9. The van der Waals surface area contributed by atoms with Crippen molar-refractivity contribution >= 4 is 28.6 Å². The lowest BCUT2D eigenvalue weighted by molar-refractivity contribution is 0.00706. The fraction of sp³-hybridized carbons (Fsp3) is 0.478. The van der Waals surface area contributed by atoms with Gasteiger partial charge in [-0.05, 0) is 30.5 Å². The Morgan fingerprint density at radius 1 is 1.20 bits per heavy atom. The van der Waals surface area contributed by atoms with Crippen LogP contribution >= 0.6 is 11.6 Å². The Morgan fingerprint density at radius 2 is 2.06 bits per heavy atom. The Hall–Kier alpha value is -2.70. The van der Waals surface area contributed by atoms with Crippen molar-refractivity contribution in [2.45, 2.75) is 43.3 Å². The number of aliphatic hydroxyl groups excluding tert-OH is 2. The molecule has 0 bridgehead atoms. The summed E-state index contributed by atoms with van der Waals surface area (Å²) in [5, 5.41) is 22.4. The van der Waals surface area contributed by atoms with E-state index >= 15 is 0 Å². The fourth-order valence-corrected chi connectivity index (χ4v) is 5.19. The second-order valence-electron chi connectivity index (χ2n) is 8.84. The highest BCUT2D eigenvalue weighted by Gasteiger charge is 2.48. The minimum atomic E-state index is -0.663. The second kappa shape index (κ2) is 9.07. The molecule has 4 N–H and O–H groups in total. The molecule has 1 aliphatic carbocycles. The number of aliphatic hydroxyl groups is 2. The second-order valence-corrected chi connectivity index (χ2v) is 9.24. The number of hydrogen-bond donors (Lipinski definition) is 4.